The first kappa shape index (κ1) is 18.3. The number of hydrogen-bond acceptors (Lipinski definition) is 4. The van der Waals surface area contributed by atoms with Crippen molar-refractivity contribution in [2.75, 3.05) is 19.4 Å². The summed E-state index contributed by atoms with van der Waals surface area (Å²) in [4.78, 5) is 16.8. The summed E-state index contributed by atoms with van der Waals surface area (Å²) in [6.07, 6.45) is 3.33. The topological polar surface area (TPSA) is 79.4 Å². The number of aromatic nitrogens is 1. The van der Waals surface area contributed by atoms with Gasteiger partial charge in [0.2, 0.25) is 10.0 Å². The summed E-state index contributed by atoms with van der Waals surface area (Å²) >= 11 is 6.13. The molecule has 1 aromatic heterocycles. The van der Waals surface area contributed by atoms with Gasteiger partial charge in [-0.15, -0.1) is 0 Å². The molecule has 0 aliphatic carbocycles. The largest absolute Gasteiger partial charge is 0.321 e. The number of carbonyl (C=O) groups is 1. The zero-order chi connectivity index (χ0) is 18.9. The number of rotatable bonds is 4. The van der Waals surface area contributed by atoms with E-state index in [0.717, 1.165) is 15.1 Å². The molecule has 0 unspecified atom stereocenters. The Balaban J connectivity index is 2.00. The molecule has 0 fully saturated rings. The van der Waals surface area contributed by atoms with E-state index in [4.69, 9.17) is 11.6 Å². The summed E-state index contributed by atoms with van der Waals surface area (Å²) in [6.45, 7) is 0. The Morgan fingerprint density at radius 2 is 1.92 bits per heavy atom. The predicted octanol–water partition coefficient (Wildman–Crippen LogP) is 3.39. The van der Waals surface area contributed by atoms with Crippen molar-refractivity contribution in [1.82, 2.24) is 9.29 Å². The van der Waals surface area contributed by atoms with Gasteiger partial charge in [0.15, 0.2) is 0 Å². The number of sulfonamides is 1. The molecule has 3 rings (SSSR count). The molecule has 0 bridgehead atoms. The van der Waals surface area contributed by atoms with Crippen LogP contribution in [0.1, 0.15) is 10.4 Å². The van der Waals surface area contributed by atoms with Crippen LogP contribution in [0, 0.1) is 0 Å². The number of pyridine rings is 1. The maximum absolute atomic E-state index is 12.7. The average molecular weight is 390 g/mol. The number of nitrogens with zero attached hydrogens (tertiary/aromatic N) is 2. The third-order valence-electron chi connectivity index (χ3n) is 3.89. The summed E-state index contributed by atoms with van der Waals surface area (Å²) in [5.41, 5.74) is 0.674. The van der Waals surface area contributed by atoms with Crippen molar-refractivity contribution < 1.29 is 13.2 Å². The second kappa shape index (κ2) is 7.03. The van der Waals surface area contributed by atoms with Crippen molar-refractivity contribution >= 4 is 44.0 Å². The summed E-state index contributed by atoms with van der Waals surface area (Å²) in [5.74, 6) is -0.491. The Bertz CT molecular complexity index is 1090. The van der Waals surface area contributed by atoms with Crippen molar-refractivity contribution in [3.8, 4) is 0 Å². The summed E-state index contributed by atoms with van der Waals surface area (Å²) in [6, 6.07) is 11.3. The second-order valence-electron chi connectivity index (χ2n) is 5.79. The SMILES string of the molecule is CN(C)S(=O)(=O)c1ccc(Cl)c(C(=O)Nc2cccc3cnccc23)c1. The molecular formula is C18H16ClN3O3S. The third kappa shape index (κ3) is 3.41. The van der Waals surface area contributed by atoms with Crippen LogP contribution in [-0.2, 0) is 10.0 Å². The standard InChI is InChI=1S/C18H16ClN3O3S/c1-22(2)26(24,25)13-6-7-16(19)15(10-13)18(23)21-17-5-3-4-12-11-20-9-8-14(12)17/h3-11H,1-2H3,(H,21,23). The van der Waals surface area contributed by atoms with Gasteiger partial charge in [0.05, 0.1) is 15.5 Å². The maximum atomic E-state index is 12.7. The van der Waals surface area contributed by atoms with Crippen molar-refractivity contribution in [3.05, 3.63) is 65.4 Å². The number of anilines is 1. The number of carbonyl (C=O) groups excluding carboxylic acids is 1. The number of halogens is 1. The maximum Gasteiger partial charge on any atom is 0.257 e. The van der Waals surface area contributed by atoms with E-state index in [1.165, 1.54) is 32.3 Å². The number of amides is 1. The van der Waals surface area contributed by atoms with Crippen LogP contribution >= 0.6 is 11.6 Å². The first-order valence-electron chi connectivity index (χ1n) is 7.67. The highest BCUT2D eigenvalue weighted by Gasteiger charge is 2.21. The van der Waals surface area contributed by atoms with Crippen LogP contribution in [0.15, 0.2) is 59.8 Å². The highest BCUT2D eigenvalue weighted by Crippen LogP contribution is 2.26. The van der Waals surface area contributed by atoms with E-state index in [-0.39, 0.29) is 15.5 Å². The monoisotopic (exact) mass is 389 g/mol. The van der Waals surface area contributed by atoms with Crippen molar-refractivity contribution in [2.24, 2.45) is 0 Å². The molecule has 1 N–H and O–H groups in total. The minimum absolute atomic E-state index is 0.000769. The highest BCUT2D eigenvalue weighted by molar-refractivity contribution is 7.89. The number of fused-ring (bicyclic) bond motifs is 1. The minimum Gasteiger partial charge on any atom is -0.321 e. The van der Waals surface area contributed by atoms with Gasteiger partial charge in [-0.05, 0) is 30.3 Å². The Morgan fingerprint density at radius 1 is 1.15 bits per heavy atom. The van der Waals surface area contributed by atoms with Gasteiger partial charge in [-0.1, -0.05) is 23.7 Å². The number of hydrogen-bond donors (Lipinski definition) is 1. The van der Waals surface area contributed by atoms with Gasteiger partial charge < -0.3 is 5.32 Å². The average Bonchev–Trinajstić information content (AvgIpc) is 2.62. The van der Waals surface area contributed by atoms with Gasteiger partial charge in [0.25, 0.3) is 5.91 Å². The molecule has 0 saturated heterocycles. The molecule has 134 valence electrons. The molecule has 3 aromatic rings. The zero-order valence-corrected chi connectivity index (χ0v) is 15.7. The van der Waals surface area contributed by atoms with Gasteiger partial charge >= 0.3 is 0 Å². The van der Waals surface area contributed by atoms with Crippen LogP contribution in [-0.4, -0.2) is 37.7 Å². The van der Waals surface area contributed by atoms with Gasteiger partial charge in [0, 0.05) is 42.9 Å². The van der Waals surface area contributed by atoms with Crippen molar-refractivity contribution in [2.45, 2.75) is 4.90 Å². The molecule has 2 aromatic carbocycles. The molecule has 1 heterocycles. The highest BCUT2D eigenvalue weighted by atomic mass is 35.5. The molecule has 0 aliphatic heterocycles. The van der Waals surface area contributed by atoms with Crippen LogP contribution in [0.4, 0.5) is 5.69 Å². The first-order chi connectivity index (χ1) is 12.3. The molecule has 0 radical (unpaired) electrons. The molecule has 26 heavy (non-hydrogen) atoms. The molecule has 0 saturated carbocycles. The van der Waals surface area contributed by atoms with E-state index in [9.17, 15) is 13.2 Å². The van der Waals surface area contributed by atoms with Crippen LogP contribution in [0.3, 0.4) is 0 Å². The quantitative estimate of drug-likeness (QED) is 0.741. The Hall–Kier alpha value is -2.48. The van der Waals surface area contributed by atoms with Gasteiger partial charge in [0.1, 0.15) is 0 Å². The van der Waals surface area contributed by atoms with E-state index in [1.807, 2.05) is 6.07 Å². The zero-order valence-electron chi connectivity index (χ0n) is 14.1. The normalized spacial score (nSPS) is 11.7. The lowest BCUT2D eigenvalue weighted by Gasteiger charge is -2.14. The fourth-order valence-corrected chi connectivity index (χ4v) is 3.60. The molecule has 0 aliphatic rings. The second-order valence-corrected chi connectivity index (χ2v) is 8.34. The summed E-state index contributed by atoms with van der Waals surface area (Å²) in [7, 11) is -0.822. The Morgan fingerprint density at radius 3 is 2.65 bits per heavy atom. The minimum atomic E-state index is -3.67. The van der Waals surface area contributed by atoms with Gasteiger partial charge in [-0.2, -0.15) is 0 Å². The smallest absolute Gasteiger partial charge is 0.257 e. The van der Waals surface area contributed by atoms with E-state index in [2.05, 4.69) is 10.3 Å². The lowest BCUT2D eigenvalue weighted by atomic mass is 10.1. The van der Waals surface area contributed by atoms with Crippen molar-refractivity contribution in [3.63, 3.8) is 0 Å². The van der Waals surface area contributed by atoms with Crippen molar-refractivity contribution in [1.29, 1.82) is 0 Å². The predicted molar refractivity (Wildman–Crippen MR) is 102 cm³/mol. The number of nitrogens with one attached hydrogen (secondary N) is 1. The molecule has 0 spiro atoms. The van der Waals surface area contributed by atoms with E-state index < -0.39 is 15.9 Å². The number of benzene rings is 2. The van der Waals surface area contributed by atoms with E-state index in [0.29, 0.717) is 5.69 Å². The van der Waals surface area contributed by atoms with Crippen LogP contribution < -0.4 is 5.32 Å². The molecule has 8 heteroatoms. The summed E-state index contributed by atoms with van der Waals surface area (Å²) < 4.78 is 25.7. The fraction of sp³-hybridized carbons (Fsp3) is 0.111. The molecule has 0 atom stereocenters. The van der Waals surface area contributed by atoms with E-state index >= 15 is 0 Å². The third-order valence-corrected chi connectivity index (χ3v) is 6.03. The Kier molecular flexibility index (Phi) is 4.95. The molecule has 1 amide bonds. The Labute approximate surface area is 156 Å². The summed E-state index contributed by atoms with van der Waals surface area (Å²) in [5, 5.41) is 4.66. The molecule has 6 nitrogen and oxygen atoms in total. The lowest BCUT2D eigenvalue weighted by molar-refractivity contribution is 0.102. The van der Waals surface area contributed by atoms with Crippen LogP contribution in [0.25, 0.3) is 10.8 Å². The molecular weight excluding hydrogens is 374 g/mol. The first-order valence-corrected chi connectivity index (χ1v) is 9.48. The van der Waals surface area contributed by atoms with Crippen LogP contribution in [0.5, 0.6) is 0 Å². The van der Waals surface area contributed by atoms with Gasteiger partial charge in [-0.25, -0.2) is 12.7 Å². The van der Waals surface area contributed by atoms with Gasteiger partial charge in [-0.3, -0.25) is 9.78 Å². The van der Waals surface area contributed by atoms with E-state index in [1.54, 1.807) is 30.6 Å². The van der Waals surface area contributed by atoms with Crippen LogP contribution in [0.2, 0.25) is 5.02 Å². The fourth-order valence-electron chi connectivity index (χ4n) is 2.47. The lowest BCUT2D eigenvalue weighted by Crippen LogP contribution is -2.23.